The van der Waals surface area contributed by atoms with Crippen molar-refractivity contribution in [1.82, 2.24) is 20.3 Å². The lowest BCUT2D eigenvalue weighted by Gasteiger charge is -2.23. The molecule has 1 atom stereocenters. The molecule has 1 aromatic heterocycles. The first-order valence-electron chi connectivity index (χ1n) is 6.92. The topological polar surface area (TPSA) is 42.7 Å². The van der Waals surface area contributed by atoms with Gasteiger partial charge in [0.15, 0.2) is 0 Å². The Bertz CT molecular complexity index is 347. The molecule has 18 heavy (non-hydrogen) atoms. The standard InChI is InChI=1S/C13H24N4S/c1-14-12(8-11-9-17(2)16-15-11)10-18-13-6-4-3-5-7-13/h9,12-14H,3-8,10H2,1-2H3. The normalized spacial score (nSPS) is 19.0. The Morgan fingerprint density at radius 3 is 2.83 bits per heavy atom. The summed E-state index contributed by atoms with van der Waals surface area (Å²) in [5.41, 5.74) is 1.08. The fraction of sp³-hybridized carbons (Fsp3) is 0.846. The van der Waals surface area contributed by atoms with E-state index in [1.165, 1.54) is 37.9 Å². The van der Waals surface area contributed by atoms with E-state index in [0.717, 1.165) is 17.4 Å². The number of nitrogens with zero attached hydrogens (tertiary/aromatic N) is 3. The van der Waals surface area contributed by atoms with Gasteiger partial charge in [-0.3, -0.25) is 4.68 Å². The van der Waals surface area contributed by atoms with Crippen LogP contribution in [0.1, 0.15) is 37.8 Å². The van der Waals surface area contributed by atoms with Crippen LogP contribution in [0, 0.1) is 0 Å². The molecule has 5 heteroatoms. The fourth-order valence-corrected chi connectivity index (χ4v) is 3.93. The number of thioether (sulfide) groups is 1. The van der Waals surface area contributed by atoms with Crippen LogP contribution in [0.3, 0.4) is 0 Å². The molecule has 0 amide bonds. The van der Waals surface area contributed by atoms with Gasteiger partial charge in [0.2, 0.25) is 0 Å². The average Bonchev–Trinajstić information content (AvgIpc) is 2.81. The highest BCUT2D eigenvalue weighted by Crippen LogP contribution is 2.28. The summed E-state index contributed by atoms with van der Waals surface area (Å²) >= 11 is 2.14. The molecule has 1 aliphatic carbocycles. The van der Waals surface area contributed by atoms with Gasteiger partial charge in [-0.25, -0.2) is 0 Å². The third-order valence-corrected chi connectivity index (χ3v) is 5.14. The molecule has 4 nitrogen and oxygen atoms in total. The molecular formula is C13H24N4S. The number of aryl methyl sites for hydroxylation is 1. The van der Waals surface area contributed by atoms with Crippen molar-refractivity contribution >= 4 is 11.8 Å². The van der Waals surface area contributed by atoms with E-state index in [-0.39, 0.29) is 0 Å². The Labute approximate surface area is 114 Å². The summed E-state index contributed by atoms with van der Waals surface area (Å²) in [5.74, 6) is 1.18. The first-order valence-corrected chi connectivity index (χ1v) is 7.97. The number of rotatable bonds is 6. The Morgan fingerprint density at radius 2 is 2.22 bits per heavy atom. The van der Waals surface area contributed by atoms with Crippen molar-refractivity contribution in [1.29, 1.82) is 0 Å². The lowest BCUT2D eigenvalue weighted by molar-refractivity contribution is 0.514. The fourth-order valence-electron chi connectivity index (χ4n) is 2.47. The van der Waals surface area contributed by atoms with Gasteiger partial charge in [-0.05, 0) is 19.9 Å². The van der Waals surface area contributed by atoms with E-state index in [1.54, 1.807) is 4.68 Å². The van der Waals surface area contributed by atoms with Gasteiger partial charge >= 0.3 is 0 Å². The van der Waals surface area contributed by atoms with Gasteiger partial charge < -0.3 is 5.32 Å². The molecule has 1 aliphatic rings. The van der Waals surface area contributed by atoms with Crippen molar-refractivity contribution in [2.45, 2.75) is 49.8 Å². The van der Waals surface area contributed by atoms with Crippen molar-refractivity contribution in [3.8, 4) is 0 Å². The van der Waals surface area contributed by atoms with Gasteiger partial charge in [-0.1, -0.05) is 24.5 Å². The third kappa shape index (κ3) is 4.28. The molecule has 2 rings (SSSR count). The van der Waals surface area contributed by atoms with Crippen LogP contribution >= 0.6 is 11.8 Å². The minimum Gasteiger partial charge on any atom is -0.316 e. The molecule has 1 aromatic rings. The lowest BCUT2D eigenvalue weighted by Crippen LogP contribution is -2.31. The second-order valence-corrected chi connectivity index (χ2v) is 6.50. The zero-order valence-corrected chi connectivity index (χ0v) is 12.2. The minimum absolute atomic E-state index is 0.508. The van der Waals surface area contributed by atoms with E-state index in [1.807, 2.05) is 20.3 Å². The second-order valence-electron chi connectivity index (χ2n) is 5.17. The molecule has 0 radical (unpaired) electrons. The van der Waals surface area contributed by atoms with Crippen LogP contribution in [0.2, 0.25) is 0 Å². The SMILES string of the molecule is CNC(CSC1CCCCC1)Cc1cn(C)nn1. The predicted molar refractivity (Wildman–Crippen MR) is 76.9 cm³/mol. The first kappa shape index (κ1) is 13.9. The van der Waals surface area contributed by atoms with Crippen LogP contribution in [0.5, 0.6) is 0 Å². The van der Waals surface area contributed by atoms with E-state index >= 15 is 0 Å². The van der Waals surface area contributed by atoms with E-state index in [2.05, 4.69) is 27.4 Å². The van der Waals surface area contributed by atoms with E-state index < -0.39 is 0 Å². The van der Waals surface area contributed by atoms with Gasteiger partial charge in [-0.15, -0.1) is 5.10 Å². The number of aromatic nitrogens is 3. The van der Waals surface area contributed by atoms with Crippen molar-refractivity contribution in [2.24, 2.45) is 7.05 Å². The zero-order chi connectivity index (χ0) is 12.8. The summed E-state index contributed by atoms with van der Waals surface area (Å²) in [4.78, 5) is 0. The number of nitrogens with one attached hydrogen (secondary N) is 1. The van der Waals surface area contributed by atoms with Crippen LogP contribution in [0.25, 0.3) is 0 Å². The highest BCUT2D eigenvalue weighted by molar-refractivity contribution is 7.99. The van der Waals surface area contributed by atoms with Gasteiger partial charge in [0.1, 0.15) is 0 Å². The molecule has 0 saturated heterocycles. The molecule has 1 N–H and O–H groups in total. The summed E-state index contributed by atoms with van der Waals surface area (Å²) < 4.78 is 1.77. The van der Waals surface area contributed by atoms with Crippen molar-refractivity contribution < 1.29 is 0 Å². The van der Waals surface area contributed by atoms with Gasteiger partial charge in [0.25, 0.3) is 0 Å². The van der Waals surface area contributed by atoms with Gasteiger partial charge in [-0.2, -0.15) is 11.8 Å². The average molecular weight is 268 g/mol. The molecule has 1 saturated carbocycles. The third-order valence-electron chi connectivity index (χ3n) is 3.60. The highest BCUT2D eigenvalue weighted by atomic mass is 32.2. The summed E-state index contributed by atoms with van der Waals surface area (Å²) in [5, 5.41) is 12.4. The molecule has 102 valence electrons. The van der Waals surface area contributed by atoms with E-state index in [9.17, 15) is 0 Å². The number of hydrogen-bond acceptors (Lipinski definition) is 4. The maximum absolute atomic E-state index is 4.16. The molecule has 1 unspecified atom stereocenters. The van der Waals surface area contributed by atoms with Crippen molar-refractivity contribution in [3.05, 3.63) is 11.9 Å². The van der Waals surface area contributed by atoms with Crippen molar-refractivity contribution in [3.63, 3.8) is 0 Å². The quantitative estimate of drug-likeness (QED) is 0.857. The largest absolute Gasteiger partial charge is 0.316 e. The van der Waals surface area contributed by atoms with Crippen LogP contribution in [-0.4, -0.2) is 39.1 Å². The van der Waals surface area contributed by atoms with Crippen LogP contribution < -0.4 is 5.32 Å². The Hall–Kier alpha value is -0.550. The molecular weight excluding hydrogens is 244 g/mol. The Balaban J connectivity index is 1.74. The predicted octanol–water partition coefficient (Wildman–Crippen LogP) is 2.01. The monoisotopic (exact) mass is 268 g/mol. The Kier molecular flexibility index (Phi) is 5.50. The minimum atomic E-state index is 0.508. The maximum atomic E-state index is 4.16. The smallest absolute Gasteiger partial charge is 0.0842 e. The lowest BCUT2D eigenvalue weighted by atomic mass is 10.0. The van der Waals surface area contributed by atoms with Crippen LogP contribution in [0.15, 0.2) is 6.20 Å². The highest BCUT2D eigenvalue weighted by Gasteiger charge is 2.16. The maximum Gasteiger partial charge on any atom is 0.0842 e. The number of likely N-dealkylation sites (N-methyl/N-ethyl adjacent to an activating group) is 1. The van der Waals surface area contributed by atoms with E-state index in [0.29, 0.717) is 6.04 Å². The summed E-state index contributed by atoms with van der Waals surface area (Å²) in [6, 6.07) is 0.508. The number of hydrogen-bond donors (Lipinski definition) is 1. The molecule has 0 aromatic carbocycles. The first-order chi connectivity index (χ1) is 8.78. The van der Waals surface area contributed by atoms with Gasteiger partial charge in [0, 0.05) is 36.7 Å². The molecule has 0 aliphatic heterocycles. The molecule has 0 spiro atoms. The molecule has 1 heterocycles. The summed E-state index contributed by atoms with van der Waals surface area (Å²) in [7, 11) is 3.96. The van der Waals surface area contributed by atoms with E-state index in [4.69, 9.17) is 0 Å². The van der Waals surface area contributed by atoms with Crippen LogP contribution in [0.4, 0.5) is 0 Å². The summed E-state index contributed by atoms with van der Waals surface area (Å²) in [6.07, 6.45) is 10.1. The second kappa shape index (κ2) is 7.14. The molecule has 1 fully saturated rings. The van der Waals surface area contributed by atoms with Gasteiger partial charge in [0.05, 0.1) is 5.69 Å². The van der Waals surface area contributed by atoms with Crippen LogP contribution in [-0.2, 0) is 13.5 Å². The molecule has 0 bridgehead atoms. The van der Waals surface area contributed by atoms with Crippen molar-refractivity contribution in [2.75, 3.05) is 12.8 Å². The summed E-state index contributed by atoms with van der Waals surface area (Å²) in [6.45, 7) is 0. The Morgan fingerprint density at radius 1 is 1.44 bits per heavy atom. The zero-order valence-electron chi connectivity index (χ0n) is 11.4.